The summed E-state index contributed by atoms with van der Waals surface area (Å²) < 4.78 is 10.5. The van der Waals surface area contributed by atoms with Crippen LogP contribution in [-0.4, -0.2) is 38.1 Å². The van der Waals surface area contributed by atoms with Crippen LogP contribution in [0, 0.1) is 0 Å². The van der Waals surface area contributed by atoms with Crippen LogP contribution in [0.2, 0.25) is 0 Å². The molecule has 0 aliphatic rings. The molecule has 0 fully saturated rings. The second kappa shape index (κ2) is 8.52. The minimum Gasteiger partial charge on any atom is -0.493 e. The molecule has 5 heteroatoms. The Morgan fingerprint density at radius 1 is 1.29 bits per heavy atom. The lowest BCUT2D eigenvalue weighted by atomic mass is 10.1. The second-order valence-corrected chi connectivity index (χ2v) is 5.19. The zero-order chi connectivity index (χ0) is 15.8. The number of hydrogen-bond acceptors (Lipinski definition) is 4. The molecule has 21 heavy (non-hydrogen) atoms. The molecule has 1 amide bonds. The number of benzene rings is 1. The summed E-state index contributed by atoms with van der Waals surface area (Å²) in [6.45, 7) is 2.59. The van der Waals surface area contributed by atoms with Crippen molar-refractivity contribution in [2.24, 2.45) is 5.73 Å². The zero-order valence-corrected chi connectivity index (χ0v) is 13.4. The van der Waals surface area contributed by atoms with E-state index in [1.165, 1.54) is 0 Å². The van der Waals surface area contributed by atoms with Gasteiger partial charge in [-0.25, -0.2) is 0 Å². The molecule has 0 saturated carbocycles. The number of hydrogen-bond donors (Lipinski definition) is 1. The molecular weight excluding hydrogens is 268 g/mol. The van der Waals surface area contributed by atoms with Gasteiger partial charge in [-0.05, 0) is 24.1 Å². The Balaban J connectivity index is 2.65. The van der Waals surface area contributed by atoms with E-state index in [-0.39, 0.29) is 11.9 Å². The molecule has 0 aromatic heterocycles. The number of rotatable bonds is 8. The summed E-state index contributed by atoms with van der Waals surface area (Å²) in [5.74, 6) is 1.41. The van der Waals surface area contributed by atoms with E-state index in [0.29, 0.717) is 24.5 Å². The second-order valence-electron chi connectivity index (χ2n) is 5.19. The minimum atomic E-state index is -0.0599. The SMILES string of the molecule is CCCC(N)CC(=O)N(C)Cc1ccc(OC)c(OC)c1. The molecule has 1 rings (SSSR count). The molecule has 2 N–H and O–H groups in total. The highest BCUT2D eigenvalue weighted by Crippen LogP contribution is 2.27. The number of nitrogens with zero attached hydrogens (tertiary/aromatic N) is 1. The van der Waals surface area contributed by atoms with Crippen LogP contribution in [-0.2, 0) is 11.3 Å². The van der Waals surface area contributed by atoms with Gasteiger partial charge in [-0.3, -0.25) is 4.79 Å². The summed E-state index contributed by atoms with van der Waals surface area (Å²) in [6.07, 6.45) is 2.25. The highest BCUT2D eigenvalue weighted by atomic mass is 16.5. The van der Waals surface area contributed by atoms with Crippen molar-refractivity contribution in [3.8, 4) is 11.5 Å². The fourth-order valence-corrected chi connectivity index (χ4v) is 2.19. The Morgan fingerprint density at radius 2 is 1.95 bits per heavy atom. The summed E-state index contributed by atoms with van der Waals surface area (Å²) in [5.41, 5.74) is 6.91. The molecule has 5 nitrogen and oxygen atoms in total. The van der Waals surface area contributed by atoms with Crippen molar-refractivity contribution in [3.63, 3.8) is 0 Å². The van der Waals surface area contributed by atoms with Gasteiger partial charge >= 0.3 is 0 Å². The molecule has 1 unspecified atom stereocenters. The van der Waals surface area contributed by atoms with E-state index in [2.05, 4.69) is 6.92 Å². The van der Waals surface area contributed by atoms with Crippen molar-refractivity contribution in [3.05, 3.63) is 23.8 Å². The van der Waals surface area contributed by atoms with Gasteiger partial charge in [0.15, 0.2) is 11.5 Å². The molecular formula is C16H26N2O3. The monoisotopic (exact) mass is 294 g/mol. The first kappa shape index (κ1) is 17.3. The van der Waals surface area contributed by atoms with Crippen molar-refractivity contribution in [2.75, 3.05) is 21.3 Å². The fraction of sp³-hybridized carbons (Fsp3) is 0.562. The van der Waals surface area contributed by atoms with Gasteiger partial charge in [-0.1, -0.05) is 19.4 Å². The molecule has 0 aliphatic heterocycles. The van der Waals surface area contributed by atoms with E-state index in [4.69, 9.17) is 15.2 Å². The maximum atomic E-state index is 12.1. The first-order valence-corrected chi connectivity index (χ1v) is 7.22. The van der Waals surface area contributed by atoms with E-state index in [0.717, 1.165) is 18.4 Å². The summed E-state index contributed by atoms with van der Waals surface area (Å²) >= 11 is 0. The average molecular weight is 294 g/mol. The summed E-state index contributed by atoms with van der Waals surface area (Å²) in [4.78, 5) is 13.8. The number of ether oxygens (including phenoxy) is 2. The van der Waals surface area contributed by atoms with Crippen LogP contribution >= 0.6 is 0 Å². The van der Waals surface area contributed by atoms with Crippen LogP contribution in [0.1, 0.15) is 31.7 Å². The van der Waals surface area contributed by atoms with Crippen LogP contribution < -0.4 is 15.2 Å². The number of amides is 1. The molecule has 1 aromatic rings. The first-order chi connectivity index (χ1) is 10.0. The molecule has 1 aromatic carbocycles. The summed E-state index contributed by atoms with van der Waals surface area (Å²) in [5, 5.41) is 0. The molecule has 1 atom stereocenters. The minimum absolute atomic E-state index is 0.0599. The van der Waals surface area contributed by atoms with Gasteiger partial charge < -0.3 is 20.1 Å². The highest BCUT2D eigenvalue weighted by Gasteiger charge is 2.14. The lowest BCUT2D eigenvalue weighted by molar-refractivity contribution is -0.130. The molecule has 0 spiro atoms. The van der Waals surface area contributed by atoms with E-state index in [1.54, 1.807) is 26.2 Å². The summed E-state index contributed by atoms with van der Waals surface area (Å²) in [6, 6.07) is 5.59. The zero-order valence-electron chi connectivity index (χ0n) is 13.4. The Morgan fingerprint density at radius 3 is 2.52 bits per heavy atom. The molecule has 0 radical (unpaired) electrons. The number of nitrogens with two attached hydrogens (primary N) is 1. The normalized spacial score (nSPS) is 11.9. The van der Waals surface area contributed by atoms with Gasteiger partial charge in [0.25, 0.3) is 0 Å². The average Bonchev–Trinajstić information content (AvgIpc) is 2.47. The van der Waals surface area contributed by atoms with Gasteiger partial charge in [0, 0.05) is 26.1 Å². The van der Waals surface area contributed by atoms with Crippen molar-refractivity contribution < 1.29 is 14.3 Å². The smallest absolute Gasteiger partial charge is 0.224 e. The maximum Gasteiger partial charge on any atom is 0.224 e. The highest BCUT2D eigenvalue weighted by molar-refractivity contribution is 5.76. The molecule has 0 saturated heterocycles. The Labute approximate surface area is 127 Å². The van der Waals surface area contributed by atoms with Gasteiger partial charge in [0.05, 0.1) is 14.2 Å². The van der Waals surface area contributed by atoms with Crippen molar-refractivity contribution >= 4 is 5.91 Å². The fourth-order valence-electron chi connectivity index (χ4n) is 2.19. The largest absolute Gasteiger partial charge is 0.493 e. The number of carbonyl (C=O) groups excluding carboxylic acids is 1. The predicted molar refractivity (Wildman–Crippen MR) is 83.5 cm³/mol. The Bertz CT molecular complexity index is 463. The molecule has 118 valence electrons. The lowest BCUT2D eigenvalue weighted by Crippen LogP contribution is -2.32. The summed E-state index contributed by atoms with van der Waals surface area (Å²) in [7, 11) is 4.99. The van der Waals surface area contributed by atoms with E-state index >= 15 is 0 Å². The standard InChI is InChI=1S/C16H26N2O3/c1-5-6-13(17)10-16(19)18(2)11-12-7-8-14(20-3)15(9-12)21-4/h7-9,13H,5-6,10-11,17H2,1-4H3. The van der Waals surface area contributed by atoms with Crippen LogP contribution in [0.25, 0.3) is 0 Å². The van der Waals surface area contributed by atoms with Crippen LogP contribution in [0.4, 0.5) is 0 Å². The van der Waals surface area contributed by atoms with Gasteiger partial charge in [-0.15, -0.1) is 0 Å². The van der Waals surface area contributed by atoms with Gasteiger partial charge in [0.1, 0.15) is 0 Å². The number of methoxy groups -OCH3 is 2. The third kappa shape index (κ3) is 5.27. The molecule has 0 bridgehead atoms. The Kier molecular flexibility index (Phi) is 7.02. The van der Waals surface area contributed by atoms with Crippen LogP contribution in [0.15, 0.2) is 18.2 Å². The van der Waals surface area contributed by atoms with Crippen molar-refractivity contribution in [2.45, 2.75) is 38.8 Å². The third-order valence-corrected chi connectivity index (χ3v) is 3.39. The van der Waals surface area contributed by atoms with E-state index < -0.39 is 0 Å². The lowest BCUT2D eigenvalue weighted by Gasteiger charge is -2.20. The first-order valence-electron chi connectivity index (χ1n) is 7.22. The van der Waals surface area contributed by atoms with Gasteiger partial charge in [-0.2, -0.15) is 0 Å². The molecule has 0 aliphatic carbocycles. The quantitative estimate of drug-likeness (QED) is 0.798. The van der Waals surface area contributed by atoms with Crippen LogP contribution in [0.3, 0.4) is 0 Å². The topological polar surface area (TPSA) is 64.8 Å². The van der Waals surface area contributed by atoms with Crippen molar-refractivity contribution in [1.29, 1.82) is 0 Å². The van der Waals surface area contributed by atoms with Crippen LogP contribution in [0.5, 0.6) is 11.5 Å². The molecule has 0 heterocycles. The Hall–Kier alpha value is -1.75. The van der Waals surface area contributed by atoms with E-state index in [9.17, 15) is 4.79 Å². The van der Waals surface area contributed by atoms with E-state index in [1.807, 2.05) is 18.2 Å². The predicted octanol–water partition coefficient (Wildman–Crippen LogP) is 2.18. The van der Waals surface area contributed by atoms with Crippen molar-refractivity contribution in [1.82, 2.24) is 4.90 Å². The number of carbonyl (C=O) groups is 1. The third-order valence-electron chi connectivity index (χ3n) is 3.39. The maximum absolute atomic E-state index is 12.1. The van der Waals surface area contributed by atoms with Gasteiger partial charge in [0.2, 0.25) is 5.91 Å².